The predicted octanol–water partition coefficient (Wildman–Crippen LogP) is 2.56. The van der Waals surface area contributed by atoms with Crippen LogP contribution in [0, 0.1) is 0 Å². The zero-order valence-electron chi connectivity index (χ0n) is 11.0. The quantitative estimate of drug-likeness (QED) is 0.813. The van der Waals surface area contributed by atoms with E-state index in [9.17, 15) is 13.6 Å². The number of benzene rings is 2. The fraction of sp³-hybridized carbons (Fsp3) is 0.214. The van der Waals surface area contributed by atoms with E-state index in [1.807, 2.05) is 24.3 Å². The first-order valence-corrected chi connectivity index (χ1v) is 8.21. The van der Waals surface area contributed by atoms with Gasteiger partial charge < -0.3 is 5.73 Å². The molecular formula is C14H13BrN2O3S. The highest BCUT2D eigenvalue weighted by molar-refractivity contribution is 9.10. The Morgan fingerprint density at radius 2 is 1.86 bits per heavy atom. The summed E-state index contributed by atoms with van der Waals surface area (Å²) in [7, 11) is 0. The Hall–Kier alpha value is -1.44. The van der Waals surface area contributed by atoms with Crippen molar-refractivity contribution in [2.24, 2.45) is 5.73 Å². The molecule has 1 unspecified atom stereocenters. The molecule has 1 fully saturated rings. The lowest BCUT2D eigenvalue weighted by Crippen LogP contribution is -2.48. The van der Waals surface area contributed by atoms with Crippen LogP contribution in [-0.2, 0) is 16.1 Å². The number of rotatable bonds is 4. The molecule has 1 amide bonds. The second-order valence-electron chi connectivity index (χ2n) is 5.03. The highest BCUT2D eigenvalue weighted by Gasteiger charge is 2.56. The molecule has 0 aliphatic heterocycles. The first-order chi connectivity index (χ1) is 9.97. The van der Waals surface area contributed by atoms with Crippen molar-refractivity contribution in [2.45, 2.75) is 18.4 Å². The van der Waals surface area contributed by atoms with E-state index in [-0.39, 0.29) is 0 Å². The molecule has 0 bridgehead atoms. The van der Waals surface area contributed by atoms with Crippen LogP contribution in [0.2, 0.25) is 0 Å². The van der Waals surface area contributed by atoms with Crippen molar-refractivity contribution >= 4 is 49.6 Å². The maximum absolute atomic E-state index is 11.8. The number of carbonyl (C=O) groups is 1. The third-order valence-corrected chi connectivity index (χ3v) is 5.34. The minimum absolute atomic E-state index is 0.485. The predicted molar refractivity (Wildman–Crippen MR) is 86.1 cm³/mol. The number of amides is 1. The van der Waals surface area contributed by atoms with Crippen LogP contribution in [0.5, 0.6) is 0 Å². The van der Waals surface area contributed by atoms with Gasteiger partial charge in [0.05, 0.1) is 5.69 Å². The SMILES string of the molecule is NC(=O)C1(N(c2ccc(Br)c3ccccc23)S(=O)O)CC1. The monoisotopic (exact) mass is 368 g/mol. The summed E-state index contributed by atoms with van der Waals surface area (Å²) in [5.41, 5.74) is 4.92. The first-order valence-electron chi connectivity index (χ1n) is 6.36. The van der Waals surface area contributed by atoms with Crippen LogP contribution in [0.15, 0.2) is 40.9 Å². The van der Waals surface area contributed by atoms with E-state index in [1.54, 1.807) is 12.1 Å². The lowest BCUT2D eigenvalue weighted by molar-refractivity contribution is -0.119. The number of hydrogen-bond donors (Lipinski definition) is 2. The van der Waals surface area contributed by atoms with Crippen LogP contribution in [-0.4, -0.2) is 20.2 Å². The molecule has 3 rings (SSSR count). The van der Waals surface area contributed by atoms with E-state index < -0.39 is 22.7 Å². The molecule has 0 spiro atoms. The van der Waals surface area contributed by atoms with Gasteiger partial charge >= 0.3 is 0 Å². The zero-order valence-corrected chi connectivity index (χ0v) is 13.4. The van der Waals surface area contributed by atoms with E-state index in [0.717, 1.165) is 15.2 Å². The summed E-state index contributed by atoms with van der Waals surface area (Å²) < 4.78 is 23.6. The van der Waals surface area contributed by atoms with E-state index in [4.69, 9.17) is 5.73 Å². The fourth-order valence-electron chi connectivity index (χ4n) is 2.56. The molecule has 0 radical (unpaired) electrons. The molecule has 21 heavy (non-hydrogen) atoms. The van der Waals surface area contributed by atoms with E-state index in [1.165, 1.54) is 4.31 Å². The Morgan fingerprint density at radius 1 is 1.24 bits per heavy atom. The maximum atomic E-state index is 11.8. The topological polar surface area (TPSA) is 83.6 Å². The molecule has 0 aromatic heterocycles. The van der Waals surface area contributed by atoms with Gasteiger partial charge in [-0.25, -0.2) is 4.21 Å². The van der Waals surface area contributed by atoms with Gasteiger partial charge in [0.15, 0.2) is 0 Å². The summed E-state index contributed by atoms with van der Waals surface area (Å²) in [5.74, 6) is -0.572. The molecule has 7 heteroatoms. The summed E-state index contributed by atoms with van der Waals surface area (Å²) >= 11 is 1.14. The molecule has 5 nitrogen and oxygen atoms in total. The molecule has 1 aliphatic rings. The van der Waals surface area contributed by atoms with E-state index in [0.29, 0.717) is 18.5 Å². The number of hydrogen-bond acceptors (Lipinski definition) is 2. The number of nitrogens with two attached hydrogens (primary N) is 1. The van der Waals surface area contributed by atoms with Crippen LogP contribution in [0.3, 0.4) is 0 Å². The molecule has 0 saturated heterocycles. The average Bonchev–Trinajstić information content (AvgIpc) is 3.23. The van der Waals surface area contributed by atoms with Gasteiger partial charge in [-0.05, 0) is 30.4 Å². The molecule has 2 aromatic rings. The fourth-order valence-corrected chi connectivity index (χ4v) is 3.93. The largest absolute Gasteiger partial charge is 0.368 e. The summed E-state index contributed by atoms with van der Waals surface area (Å²) in [6.07, 6.45) is 0.970. The number of primary amides is 1. The first kappa shape index (κ1) is 14.5. The highest BCUT2D eigenvalue weighted by Crippen LogP contribution is 2.47. The van der Waals surface area contributed by atoms with Crippen molar-refractivity contribution < 1.29 is 13.6 Å². The van der Waals surface area contributed by atoms with Gasteiger partial charge in [-0.3, -0.25) is 13.7 Å². The molecule has 110 valence electrons. The average molecular weight is 369 g/mol. The molecule has 1 aliphatic carbocycles. The number of anilines is 1. The summed E-state index contributed by atoms with van der Waals surface area (Å²) in [4.78, 5) is 11.7. The number of halogens is 1. The van der Waals surface area contributed by atoms with Gasteiger partial charge in [-0.15, -0.1) is 0 Å². The number of fused-ring (bicyclic) bond motifs is 1. The Bertz CT molecular complexity index is 761. The van der Waals surface area contributed by atoms with Crippen molar-refractivity contribution in [2.75, 3.05) is 4.31 Å². The van der Waals surface area contributed by atoms with Crippen LogP contribution in [0.1, 0.15) is 12.8 Å². The normalized spacial score (nSPS) is 17.4. The minimum Gasteiger partial charge on any atom is -0.368 e. The van der Waals surface area contributed by atoms with Gasteiger partial charge in [0.25, 0.3) is 11.3 Å². The Morgan fingerprint density at radius 3 is 2.38 bits per heavy atom. The van der Waals surface area contributed by atoms with E-state index in [2.05, 4.69) is 15.9 Å². The maximum Gasteiger partial charge on any atom is 0.262 e. The Labute approximate surface area is 132 Å². The number of nitrogens with zero attached hydrogens (tertiary/aromatic N) is 1. The molecule has 1 saturated carbocycles. The van der Waals surface area contributed by atoms with E-state index >= 15 is 0 Å². The minimum atomic E-state index is -2.33. The summed E-state index contributed by atoms with van der Waals surface area (Å²) in [6.45, 7) is 0. The van der Waals surface area contributed by atoms with Gasteiger partial charge in [-0.2, -0.15) is 0 Å². The molecular weight excluding hydrogens is 356 g/mol. The van der Waals surface area contributed by atoms with Gasteiger partial charge in [-0.1, -0.05) is 40.2 Å². The van der Waals surface area contributed by atoms with Crippen molar-refractivity contribution in [1.82, 2.24) is 0 Å². The van der Waals surface area contributed by atoms with Crippen molar-refractivity contribution in [3.05, 3.63) is 40.9 Å². The smallest absolute Gasteiger partial charge is 0.262 e. The Balaban J connectivity index is 2.25. The summed E-state index contributed by atoms with van der Waals surface area (Å²) in [6, 6.07) is 11.0. The third-order valence-electron chi connectivity index (χ3n) is 3.79. The molecule has 0 heterocycles. The Kier molecular flexibility index (Phi) is 3.51. The van der Waals surface area contributed by atoms with Crippen LogP contribution in [0.4, 0.5) is 5.69 Å². The van der Waals surface area contributed by atoms with Crippen LogP contribution >= 0.6 is 15.9 Å². The molecule has 2 aromatic carbocycles. The lowest BCUT2D eigenvalue weighted by atomic mass is 10.1. The zero-order chi connectivity index (χ0) is 15.2. The van der Waals surface area contributed by atoms with Crippen molar-refractivity contribution in [3.63, 3.8) is 0 Å². The second kappa shape index (κ2) is 5.08. The standard InChI is InChI=1S/C14H13BrN2O3S/c15-11-5-6-12(10-4-2-1-3-9(10)11)17(21(19)20)14(7-8-14)13(16)18/h1-6H,7-8H2,(H2,16,18)(H,19,20). The van der Waals surface area contributed by atoms with Gasteiger partial charge in [0.2, 0.25) is 5.91 Å². The molecule has 1 atom stereocenters. The van der Waals surface area contributed by atoms with Crippen molar-refractivity contribution in [1.29, 1.82) is 0 Å². The van der Waals surface area contributed by atoms with Gasteiger partial charge in [0.1, 0.15) is 5.54 Å². The number of carbonyl (C=O) groups excluding carboxylic acids is 1. The van der Waals surface area contributed by atoms with Crippen LogP contribution in [0.25, 0.3) is 10.8 Å². The molecule has 3 N–H and O–H groups in total. The highest BCUT2D eigenvalue weighted by atomic mass is 79.9. The summed E-state index contributed by atoms with van der Waals surface area (Å²) in [5, 5.41) is 1.70. The van der Waals surface area contributed by atoms with Gasteiger partial charge in [0, 0.05) is 9.86 Å². The lowest BCUT2D eigenvalue weighted by Gasteiger charge is -2.28. The third kappa shape index (κ3) is 2.25. The van der Waals surface area contributed by atoms with Crippen LogP contribution < -0.4 is 10.0 Å². The van der Waals surface area contributed by atoms with Crippen molar-refractivity contribution in [3.8, 4) is 0 Å². The second-order valence-corrected chi connectivity index (χ2v) is 6.71.